The fourth-order valence-electron chi connectivity index (χ4n) is 2.92. The minimum Gasteiger partial charge on any atom is -0.497 e. The summed E-state index contributed by atoms with van der Waals surface area (Å²) in [5, 5.41) is 9.63. The summed E-state index contributed by atoms with van der Waals surface area (Å²) in [7, 11) is 1.67. The molecule has 24 heavy (non-hydrogen) atoms. The van der Waals surface area contributed by atoms with E-state index in [1.54, 1.807) is 13.4 Å². The second-order valence-electron chi connectivity index (χ2n) is 5.76. The number of para-hydroxylation sites is 1. The number of aromatic nitrogens is 4. The van der Waals surface area contributed by atoms with Crippen LogP contribution in [0.15, 0.2) is 61.1 Å². The van der Waals surface area contributed by atoms with Gasteiger partial charge in [-0.3, -0.25) is 0 Å². The molecule has 0 atom stereocenters. The molecule has 120 valence electrons. The van der Waals surface area contributed by atoms with Crippen LogP contribution in [0.4, 0.5) is 0 Å². The molecule has 4 rings (SSSR count). The molecule has 1 N–H and O–H groups in total. The number of hydrogen-bond donors (Lipinski definition) is 1. The number of rotatable bonds is 5. The van der Waals surface area contributed by atoms with Gasteiger partial charge in [-0.05, 0) is 29.3 Å². The van der Waals surface area contributed by atoms with Crippen LogP contribution in [0.3, 0.4) is 0 Å². The Morgan fingerprint density at radius 2 is 1.92 bits per heavy atom. The van der Waals surface area contributed by atoms with Gasteiger partial charge in [0, 0.05) is 23.5 Å². The third-order valence-electron chi connectivity index (χ3n) is 4.23. The highest BCUT2D eigenvalue weighted by Crippen LogP contribution is 2.20. The van der Waals surface area contributed by atoms with Crippen LogP contribution in [0.5, 0.6) is 5.75 Å². The number of fused-ring (bicyclic) bond motifs is 1. The Morgan fingerprint density at radius 3 is 2.75 bits per heavy atom. The van der Waals surface area contributed by atoms with Crippen molar-refractivity contribution in [2.24, 2.45) is 0 Å². The lowest BCUT2D eigenvalue weighted by molar-refractivity contribution is 0.414. The first-order chi connectivity index (χ1) is 11.8. The molecule has 0 aliphatic rings. The maximum atomic E-state index is 5.20. The van der Waals surface area contributed by atoms with E-state index >= 15 is 0 Å². The Labute approximate surface area is 139 Å². The van der Waals surface area contributed by atoms with E-state index in [2.05, 4.69) is 56.3 Å². The van der Waals surface area contributed by atoms with Crippen molar-refractivity contribution in [1.29, 1.82) is 0 Å². The highest BCUT2D eigenvalue weighted by molar-refractivity contribution is 5.83. The molecule has 5 nitrogen and oxygen atoms in total. The summed E-state index contributed by atoms with van der Waals surface area (Å²) in [5.41, 5.74) is 3.57. The number of methoxy groups -OCH3 is 1. The summed E-state index contributed by atoms with van der Waals surface area (Å²) in [6.07, 6.45) is 4.59. The van der Waals surface area contributed by atoms with E-state index in [1.807, 2.05) is 18.2 Å². The zero-order valence-electron chi connectivity index (χ0n) is 13.4. The van der Waals surface area contributed by atoms with Crippen LogP contribution < -0.4 is 4.74 Å². The molecule has 0 saturated heterocycles. The maximum Gasteiger partial charge on any atom is 0.137 e. The van der Waals surface area contributed by atoms with Gasteiger partial charge in [-0.2, -0.15) is 0 Å². The van der Waals surface area contributed by atoms with Crippen LogP contribution in [-0.4, -0.2) is 26.9 Å². The molecular weight excluding hydrogens is 300 g/mol. The molecule has 2 aromatic carbocycles. The number of nitrogens with one attached hydrogen (secondary N) is 1. The standard InChI is InChI=1S/C19H18N4O/c1-24-16-8-6-14(7-9-16)12-23-13-21-22-19(23)10-15-11-20-18-5-3-2-4-17(15)18/h2-9,11,13,20H,10,12H2,1H3. The fourth-order valence-corrected chi connectivity index (χ4v) is 2.92. The van der Waals surface area contributed by atoms with Gasteiger partial charge < -0.3 is 14.3 Å². The lowest BCUT2D eigenvalue weighted by Crippen LogP contribution is -2.05. The Kier molecular flexibility index (Phi) is 3.75. The van der Waals surface area contributed by atoms with E-state index in [0.29, 0.717) is 0 Å². The highest BCUT2D eigenvalue weighted by atomic mass is 16.5. The summed E-state index contributed by atoms with van der Waals surface area (Å²) in [4.78, 5) is 3.31. The lowest BCUT2D eigenvalue weighted by atomic mass is 10.1. The zero-order chi connectivity index (χ0) is 16.4. The van der Waals surface area contributed by atoms with Crippen LogP contribution >= 0.6 is 0 Å². The van der Waals surface area contributed by atoms with Crippen LogP contribution in [0, 0.1) is 0 Å². The normalized spacial score (nSPS) is 11.0. The first-order valence-electron chi connectivity index (χ1n) is 7.88. The molecule has 0 bridgehead atoms. The molecule has 0 aliphatic heterocycles. The van der Waals surface area contributed by atoms with Crippen molar-refractivity contribution in [2.75, 3.05) is 7.11 Å². The molecule has 5 heteroatoms. The molecule has 2 aromatic heterocycles. The number of aromatic amines is 1. The largest absolute Gasteiger partial charge is 0.497 e. The topological polar surface area (TPSA) is 55.7 Å². The van der Waals surface area contributed by atoms with Crippen LogP contribution in [0.2, 0.25) is 0 Å². The second-order valence-corrected chi connectivity index (χ2v) is 5.76. The summed E-state index contributed by atoms with van der Waals surface area (Å²) in [5.74, 6) is 1.82. The maximum absolute atomic E-state index is 5.20. The van der Waals surface area contributed by atoms with Crippen molar-refractivity contribution in [3.63, 3.8) is 0 Å². The Bertz CT molecular complexity index is 953. The van der Waals surface area contributed by atoms with Crippen LogP contribution in [0.25, 0.3) is 10.9 Å². The van der Waals surface area contributed by atoms with Gasteiger partial charge >= 0.3 is 0 Å². The zero-order valence-corrected chi connectivity index (χ0v) is 13.4. The van der Waals surface area contributed by atoms with Crippen molar-refractivity contribution >= 4 is 10.9 Å². The molecule has 0 saturated carbocycles. The third-order valence-corrected chi connectivity index (χ3v) is 4.23. The third kappa shape index (κ3) is 2.76. The predicted molar refractivity (Wildman–Crippen MR) is 93.2 cm³/mol. The number of nitrogens with zero attached hydrogens (tertiary/aromatic N) is 3. The minimum atomic E-state index is 0.745. The van der Waals surface area contributed by atoms with Gasteiger partial charge in [0.25, 0.3) is 0 Å². The number of benzene rings is 2. The Morgan fingerprint density at radius 1 is 1.08 bits per heavy atom. The average molecular weight is 318 g/mol. The van der Waals surface area contributed by atoms with Crippen LogP contribution in [-0.2, 0) is 13.0 Å². The molecule has 0 fully saturated rings. The minimum absolute atomic E-state index is 0.745. The van der Waals surface area contributed by atoms with Crippen LogP contribution in [0.1, 0.15) is 17.0 Å². The molecule has 0 radical (unpaired) electrons. The molecular formula is C19H18N4O. The molecule has 0 aliphatic carbocycles. The Balaban J connectivity index is 1.58. The first-order valence-corrected chi connectivity index (χ1v) is 7.88. The Hall–Kier alpha value is -3.08. The van der Waals surface area contributed by atoms with E-state index in [1.165, 1.54) is 16.5 Å². The van der Waals surface area contributed by atoms with E-state index in [0.717, 1.165) is 30.1 Å². The smallest absolute Gasteiger partial charge is 0.137 e. The van der Waals surface area contributed by atoms with Crippen molar-refractivity contribution < 1.29 is 4.74 Å². The summed E-state index contributed by atoms with van der Waals surface area (Å²) < 4.78 is 7.29. The van der Waals surface area contributed by atoms with Gasteiger partial charge in [-0.15, -0.1) is 10.2 Å². The van der Waals surface area contributed by atoms with Crippen molar-refractivity contribution in [2.45, 2.75) is 13.0 Å². The van der Waals surface area contributed by atoms with Gasteiger partial charge in [-0.25, -0.2) is 0 Å². The van der Waals surface area contributed by atoms with E-state index in [9.17, 15) is 0 Å². The predicted octanol–water partition coefficient (Wildman–Crippen LogP) is 3.41. The van der Waals surface area contributed by atoms with Gasteiger partial charge in [0.05, 0.1) is 13.7 Å². The average Bonchev–Trinajstić information content (AvgIpc) is 3.24. The second kappa shape index (κ2) is 6.20. The van der Waals surface area contributed by atoms with E-state index < -0.39 is 0 Å². The van der Waals surface area contributed by atoms with E-state index in [4.69, 9.17) is 4.74 Å². The summed E-state index contributed by atoms with van der Waals surface area (Å²) in [6, 6.07) is 16.4. The van der Waals surface area contributed by atoms with Gasteiger partial charge in [0.15, 0.2) is 0 Å². The first kappa shape index (κ1) is 14.5. The molecule has 0 spiro atoms. The van der Waals surface area contributed by atoms with Gasteiger partial charge in [0.1, 0.15) is 17.9 Å². The van der Waals surface area contributed by atoms with Gasteiger partial charge in [0.2, 0.25) is 0 Å². The summed E-state index contributed by atoms with van der Waals surface area (Å²) >= 11 is 0. The van der Waals surface area contributed by atoms with Crippen molar-refractivity contribution in [3.05, 3.63) is 78.0 Å². The molecule has 2 heterocycles. The quantitative estimate of drug-likeness (QED) is 0.613. The number of ether oxygens (including phenoxy) is 1. The SMILES string of the molecule is COc1ccc(Cn2cnnc2Cc2c[nH]c3ccccc23)cc1. The van der Waals surface area contributed by atoms with Gasteiger partial charge in [-0.1, -0.05) is 30.3 Å². The van der Waals surface area contributed by atoms with Crippen molar-refractivity contribution in [3.8, 4) is 5.75 Å². The summed E-state index contributed by atoms with van der Waals surface area (Å²) in [6.45, 7) is 0.745. The highest BCUT2D eigenvalue weighted by Gasteiger charge is 2.10. The number of H-pyrrole nitrogens is 1. The molecule has 0 amide bonds. The number of hydrogen-bond acceptors (Lipinski definition) is 3. The van der Waals surface area contributed by atoms with Crippen molar-refractivity contribution in [1.82, 2.24) is 19.7 Å². The lowest BCUT2D eigenvalue weighted by Gasteiger charge is -2.07. The van der Waals surface area contributed by atoms with E-state index in [-0.39, 0.29) is 0 Å². The fraction of sp³-hybridized carbons (Fsp3) is 0.158. The monoisotopic (exact) mass is 318 g/mol. The molecule has 0 unspecified atom stereocenters. The molecule has 4 aromatic rings.